The van der Waals surface area contributed by atoms with Crippen LogP contribution in [0.2, 0.25) is 0 Å². The quantitative estimate of drug-likeness (QED) is 0.887. The highest BCUT2D eigenvalue weighted by Gasteiger charge is 2.47. The van der Waals surface area contributed by atoms with E-state index in [1.807, 2.05) is 0 Å². The smallest absolute Gasteiger partial charge is 0.324 e. The standard InChI is InChI=1S/C14H13F3N4O2/c15-14(16,17)13(23)21-5-1-2-11(21)12(22)19-9-4-3-8-7-18-20-10(8)6-9/h3-4,6-7,11H,1-2,5H2,(H,18,20)(H,19,22). The number of nitrogens with zero attached hydrogens (tertiary/aromatic N) is 2. The lowest BCUT2D eigenvalue weighted by molar-refractivity contribution is -0.186. The van der Waals surface area contributed by atoms with Crippen LogP contribution in [0.25, 0.3) is 10.9 Å². The summed E-state index contributed by atoms with van der Waals surface area (Å²) in [5, 5.41) is 9.98. The van der Waals surface area contributed by atoms with Crippen LogP contribution < -0.4 is 5.32 Å². The molecule has 0 saturated carbocycles. The van der Waals surface area contributed by atoms with Crippen LogP contribution in [0.5, 0.6) is 0 Å². The van der Waals surface area contributed by atoms with Crippen molar-refractivity contribution in [2.45, 2.75) is 25.1 Å². The van der Waals surface area contributed by atoms with Gasteiger partial charge in [-0.25, -0.2) is 0 Å². The van der Waals surface area contributed by atoms with Crippen LogP contribution in [-0.2, 0) is 9.59 Å². The average Bonchev–Trinajstić information content (AvgIpc) is 3.13. The molecule has 0 bridgehead atoms. The molecule has 1 unspecified atom stereocenters. The summed E-state index contributed by atoms with van der Waals surface area (Å²) in [4.78, 5) is 24.2. The number of fused-ring (bicyclic) bond motifs is 1. The number of alkyl halides is 3. The topological polar surface area (TPSA) is 78.1 Å². The molecule has 2 heterocycles. The first-order valence-electron chi connectivity index (χ1n) is 6.98. The monoisotopic (exact) mass is 326 g/mol. The second kappa shape index (κ2) is 5.56. The Bertz CT molecular complexity index is 756. The molecule has 0 aliphatic carbocycles. The highest BCUT2D eigenvalue weighted by atomic mass is 19.4. The SMILES string of the molecule is O=C(Nc1ccc2cn[nH]c2c1)C1CCCN1C(=O)C(F)(F)F. The zero-order valence-corrected chi connectivity index (χ0v) is 11.9. The molecular formula is C14H13F3N4O2. The summed E-state index contributed by atoms with van der Waals surface area (Å²) in [6.45, 7) is -0.0734. The molecule has 122 valence electrons. The van der Waals surface area contributed by atoms with Crippen LogP contribution in [-0.4, -0.2) is 45.7 Å². The van der Waals surface area contributed by atoms with E-state index in [9.17, 15) is 22.8 Å². The van der Waals surface area contributed by atoms with Gasteiger partial charge in [0.15, 0.2) is 0 Å². The van der Waals surface area contributed by atoms with Crippen LogP contribution in [0, 0.1) is 0 Å². The molecule has 1 aromatic carbocycles. The third kappa shape index (κ3) is 2.99. The van der Waals surface area contributed by atoms with Crippen molar-refractivity contribution in [1.29, 1.82) is 0 Å². The van der Waals surface area contributed by atoms with Gasteiger partial charge in [-0.15, -0.1) is 0 Å². The average molecular weight is 326 g/mol. The van der Waals surface area contributed by atoms with Crippen molar-refractivity contribution in [3.8, 4) is 0 Å². The Labute approximate surface area is 128 Å². The number of nitrogens with one attached hydrogen (secondary N) is 2. The van der Waals surface area contributed by atoms with Gasteiger partial charge in [0, 0.05) is 17.6 Å². The molecule has 2 aromatic rings. The van der Waals surface area contributed by atoms with Crippen molar-refractivity contribution in [3.05, 3.63) is 24.4 Å². The molecule has 1 fully saturated rings. The molecule has 2 amide bonds. The normalized spacial score (nSPS) is 18.4. The molecule has 9 heteroatoms. The van der Waals surface area contributed by atoms with E-state index in [0.29, 0.717) is 22.5 Å². The summed E-state index contributed by atoms with van der Waals surface area (Å²) in [7, 11) is 0. The number of amides is 2. The lowest BCUT2D eigenvalue weighted by atomic mass is 10.2. The van der Waals surface area contributed by atoms with Gasteiger partial charge in [-0.2, -0.15) is 18.3 Å². The maximum atomic E-state index is 12.6. The van der Waals surface area contributed by atoms with Gasteiger partial charge >= 0.3 is 12.1 Å². The fourth-order valence-electron chi connectivity index (χ4n) is 2.69. The third-order valence-electron chi connectivity index (χ3n) is 3.77. The van der Waals surface area contributed by atoms with Crippen molar-refractivity contribution >= 4 is 28.4 Å². The number of likely N-dealkylation sites (tertiary alicyclic amines) is 1. The van der Waals surface area contributed by atoms with E-state index in [1.54, 1.807) is 24.4 Å². The summed E-state index contributed by atoms with van der Waals surface area (Å²) in [5.41, 5.74) is 1.12. The van der Waals surface area contributed by atoms with Crippen molar-refractivity contribution in [1.82, 2.24) is 15.1 Å². The van der Waals surface area contributed by atoms with Crippen LogP contribution in [0.4, 0.5) is 18.9 Å². The molecule has 0 spiro atoms. The first kappa shape index (κ1) is 15.3. The van der Waals surface area contributed by atoms with Crippen LogP contribution in [0.1, 0.15) is 12.8 Å². The van der Waals surface area contributed by atoms with Gasteiger partial charge in [0.25, 0.3) is 0 Å². The molecule has 3 rings (SSSR count). The number of benzene rings is 1. The van der Waals surface area contributed by atoms with Gasteiger partial charge in [-0.3, -0.25) is 14.7 Å². The minimum absolute atomic E-state index is 0.0734. The Hall–Kier alpha value is -2.58. The fourth-order valence-corrected chi connectivity index (χ4v) is 2.69. The lowest BCUT2D eigenvalue weighted by Crippen LogP contribution is -2.48. The van der Waals surface area contributed by atoms with Crippen molar-refractivity contribution in [2.24, 2.45) is 0 Å². The number of anilines is 1. The molecule has 1 saturated heterocycles. The summed E-state index contributed by atoms with van der Waals surface area (Å²) in [6.07, 6.45) is -2.79. The number of rotatable bonds is 2. The fraction of sp³-hybridized carbons (Fsp3) is 0.357. The zero-order chi connectivity index (χ0) is 16.6. The zero-order valence-electron chi connectivity index (χ0n) is 11.9. The number of carbonyl (C=O) groups excluding carboxylic acids is 2. The van der Waals surface area contributed by atoms with E-state index in [4.69, 9.17) is 0 Å². The number of halogens is 3. The molecule has 1 aliphatic rings. The second-order valence-corrected chi connectivity index (χ2v) is 5.32. The molecular weight excluding hydrogens is 313 g/mol. The summed E-state index contributed by atoms with van der Waals surface area (Å²) < 4.78 is 37.7. The van der Waals surface area contributed by atoms with Crippen molar-refractivity contribution in [2.75, 3.05) is 11.9 Å². The third-order valence-corrected chi connectivity index (χ3v) is 3.77. The van der Waals surface area contributed by atoms with Gasteiger partial charge in [-0.05, 0) is 31.0 Å². The van der Waals surface area contributed by atoms with E-state index in [1.165, 1.54) is 0 Å². The van der Waals surface area contributed by atoms with E-state index in [-0.39, 0.29) is 13.0 Å². The van der Waals surface area contributed by atoms with Gasteiger partial charge in [0.05, 0.1) is 11.7 Å². The number of hydrogen-bond acceptors (Lipinski definition) is 3. The molecule has 1 atom stereocenters. The van der Waals surface area contributed by atoms with Gasteiger partial charge in [-0.1, -0.05) is 0 Å². The molecule has 0 radical (unpaired) electrons. The van der Waals surface area contributed by atoms with Crippen LogP contribution >= 0.6 is 0 Å². The Kier molecular flexibility index (Phi) is 3.70. The maximum absolute atomic E-state index is 12.6. The lowest BCUT2D eigenvalue weighted by Gasteiger charge is -2.24. The maximum Gasteiger partial charge on any atom is 0.471 e. The first-order chi connectivity index (χ1) is 10.9. The van der Waals surface area contributed by atoms with Gasteiger partial charge < -0.3 is 10.2 Å². The van der Waals surface area contributed by atoms with Gasteiger partial charge in [0.1, 0.15) is 6.04 Å². The predicted molar refractivity (Wildman–Crippen MR) is 75.5 cm³/mol. The molecule has 2 N–H and O–H groups in total. The predicted octanol–water partition coefficient (Wildman–Crippen LogP) is 2.05. The highest BCUT2D eigenvalue weighted by Crippen LogP contribution is 2.26. The van der Waals surface area contributed by atoms with Crippen molar-refractivity contribution < 1.29 is 22.8 Å². The Morgan fingerprint density at radius 2 is 2.13 bits per heavy atom. The minimum atomic E-state index is -4.97. The largest absolute Gasteiger partial charge is 0.471 e. The van der Waals surface area contributed by atoms with E-state index < -0.39 is 24.0 Å². The Morgan fingerprint density at radius 3 is 2.87 bits per heavy atom. The summed E-state index contributed by atoms with van der Waals surface area (Å²) in [5.74, 6) is -2.60. The number of H-pyrrole nitrogens is 1. The summed E-state index contributed by atoms with van der Waals surface area (Å²) in [6, 6.07) is 3.87. The van der Waals surface area contributed by atoms with Crippen molar-refractivity contribution in [3.63, 3.8) is 0 Å². The first-order valence-corrected chi connectivity index (χ1v) is 6.98. The minimum Gasteiger partial charge on any atom is -0.324 e. The molecule has 6 nitrogen and oxygen atoms in total. The number of carbonyl (C=O) groups is 2. The van der Waals surface area contributed by atoms with Gasteiger partial charge in [0.2, 0.25) is 5.91 Å². The van der Waals surface area contributed by atoms with Crippen LogP contribution in [0.3, 0.4) is 0 Å². The highest BCUT2D eigenvalue weighted by molar-refractivity contribution is 5.99. The number of aromatic nitrogens is 2. The molecule has 1 aromatic heterocycles. The Balaban J connectivity index is 1.75. The van der Waals surface area contributed by atoms with Crippen LogP contribution in [0.15, 0.2) is 24.4 Å². The summed E-state index contributed by atoms with van der Waals surface area (Å²) >= 11 is 0. The van der Waals surface area contributed by atoms with E-state index >= 15 is 0 Å². The van der Waals surface area contributed by atoms with E-state index in [0.717, 1.165) is 5.39 Å². The molecule has 23 heavy (non-hydrogen) atoms. The molecule has 1 aliphatic heterocycles. The van der Waals surface area contributed by atoms with E-state index in [2.05, 4.69) is 15.5 Å². The number of aromatic amines is 1. The second-order valence-electron chi connectivity index (χ2n) is 5.32. The Morgan fingerprint density at radius 1 is 1.35 bits per heavy atom. The number of hydrogen-bond donors (Lipinski definition) is 2.